The number of imidazole rings is 1. The highest BCUT2D eigenvalue weighted by atomic mass is 32.1. The summed E-state index contributed by atoms with van der Waals surface area (Å²) in [6, 6.07) is 10.3. The Balaban J connectivity index is 1.11. The summed E-state index contributed by atoms with van der Waals surface area (Å²) in [5.41, 5.74) is 2.87. The number of likely N-dealkylation sites (N-methyl/N-ethyl adjacent to an activating group) is 1. The molecule has 3 saturated heterocycles. The first-order valence-corrected chi connectivity index (χ1v) is 14.0. The summed E-state index contributed by atoms with van der Waals surface area (Å²) in [5, 5.41) is 4.89. The van der Waals surface area contributed by atoms with E-state index in [1.165, 1.54) is 36.2 Å². The van der Waals surface area contributed by atoms with E-state index in [0.717, 1.165) is 18.8 Å². The van der Waals surface area contributed by atoms with Crippen LogP contribution in [0.5, 0.6) is 0 Å². The minimum atomic E-state index is -2.72. The van der Waals surface area contributed by atoms with Crippen molar-refractivity contribution in [2.45, 2.75) is 43.3 Å². The van der Waals surface area contributed by atoms with Crippen LogP contribution in [0.4, 0.5) is 24.7 Å². The van der Waals surface area contributed by atoms with Gasteiger partial charge in [0.2, 0.25) is 0 Å². The molecule has 6 heterocycles. The van der Waals surface area contributed by atoms with Gasteiger partial charge in [-0.25, -0.2) is 28.1 Å². The maximum absolute atomic E-state index is 13.7. The highest BCUT2D eigenvalue weighted by Crippen LogP contribution is 2.48. The molecule has 1 aromatic carbocycles. The molecule has 12 heteroatoms. The zero-order valence-electron chi connectivity index (χ0n) is 21.6. The van der Waals surface area contributed by atoms with E-state index in [1.54, 1.807) is 34.3 Å². The van der Waals surface area contributed by atoms with Gasteiger partial charge in [-0.05, 0) is 49.9 Å². The fraction of sp³-hybridized carbons (Fsp3) is 0.357. The molecule has 4 aromatic rings. The van der Waals surface area contributed by atoms with E-state index in [9.17, 15) is 18.0 Å². The first-order chi connectivity index (χ1) is 19.2. The standard InChI is InChI=1S/C28H26F3N7OS/c1-36-19-8-20(36)13-37(12-19)18-6-7-23(32-11-18)35-26(39)22-14-40-27(34-22)25-24(16-2-4-17(29)5-3-16)33-15-38(25)21-9-28(30,31)10-21/h2-7,11,14-15,19-21H,8-10,12-13H2,1H3,(H,32,35,39). The lowest BCUT2D eigenvalue weighted by Crippen LogP contribution is -2.67. The summed E-state index contributed by atoms with van der Waals surface area (Å²) in [7, 11) is 2.17. The topological polar surface area (TPSA) is 79.2 Å². The van der Waals surface area contributed by atoms with E-state index in [4.69, 9.17) is 0 Å². The Morgan fingerprint density at radius 3 is 2.45 bits per heavy atom. The minimum Gasteiger partial charge on any atom is -0.367 e. The number of carbonyl (C=O) groups is 1. The number of halogens is 3. The van der Waals surface area contributed by atoms with Crippen molar-refractivity contribution in [3.63, 3.8) is 0 Å². The van der Waals surface area contributed by atoms with E-state index in [0.29, 0.717) is 39.9 Å². The van der Waals surface area contributed by atoms with Crippen LogP contribution >= 0.6 is 11.3 Å². The van der Waals surface area contributed by atoms with Gasteiger partial charge in [0, 0.05) is 55.0 Å². The average molecular weight is 566 g/mol. The molecule has 2 atom stereocenters. The zero-order valence-corrected chi connectivity index (χ0v) is 22.4. The van der Waals surface area contributed by atoms with Crippen molar-refractivity contribution >= 4 is 28.7 Å². The molecule has 3 aromatic heterocycles. The smallest absolute Gasteiger partial charge is 0.276 e. The summed E-state index contributed by atoms with van der Waals surface area (Å²) in [5.74, 6) is -3.12. The number of benzene rings is 1. The lowest BCUT2D eigenvalue weighted by molar-refractivity contribution is -0.103. The van der Waals surface area contributed by atoms with E-state index < -0.39 is 23.7 Å². The Kier molecular flexibility index (Phi) is 5.93. The number of nitrogens with one attached hydrogen (secondary N) is 1. The summed E-state index contributed by atoms with van der Waals surface area (Å²) in [6.45, 7) is 1.94. The van der Waals surface area contributed by atoms with Gasteiger partial charge in [0.15, 0.2) is 0 Å². The van der Waals surface area contributed by atoms with Gasteiger partial charge in [-0.2, -0.15) is 0 Å². The van der Waals surface area contributed by atoms with Crippen LogP contribution in [0.3, 0.4) is 0 Å². The molecule has 2 unspecified atom stereocenters. The zero-order chi connectivity index (χ0) is 27.6. The van der Waals surface area contributed by atoms with Crippen LogP contribution in [0, 0.1) is 5.82 Å². The number of nitrogens with zero attached hydrogens (tertiary/aromatic N) is 6. The number of aromatic nitrogens is 4. The quantitative estimate of drug-likeness (QED) is 0.341. The number of alkyl halides is 2. The van der Waals surface area contributed by atoms with Crippen molar-refractivity contribution in [3.8, 4) is 22.0 Å². The van der Waals surface area contributed by atoms with Gasteiger partial charge >= 0.3 is 0 Å². The van der Waals surface area contributed by atoms with Gasteiger partial charge in [0.05, 0.1) is 23.9 Å². The fourth-order valence-corrected chi connectivity index (χ4v) is 6.66. The SMILES string of the molecule is CN1C2CC1CN(c1ccc(NC(=O)c3csc(-c4c(-c5ccc(F)cc5)ncn4C4CC(F)(F)C4)n3)nc1)C2. The Hall–Kier alpha value is -3.77. The maximum atomic E-state index is 13.7. The van der Waals surface area contributed by atoms with Crippen LogP contribution in [0.25, 0.3) is 22.0 Å². The molecule has 3 aliphatic heterocycles. The molecule has 1 saturated carbocycles. The normalized spacial score (nSPS) is 22.1. The van der Waals surface area contributed by atoms with Gasteiger partial charge in [-0.1, -0.05) is 0 Å². The Labute approximate surface area is 232 Å². The van der Waals surface area contributed by atoms with Crippen LogP contribution in [0.15, 0.2) is 54.3 Å². The molecule has 2 bridgehead atoms. The number of thiazole rings is 1. The molecule has 4 aliphatic rings. The van der Waals surface area contributed by atoms with Crippen LogP contribution in [-0.4, -0.2) is 68.5 Å². The number of hydrogen-bond acceptors (Lipinski definition) is 7. The molecule has 206 valence electrons. The third kappa shape index (κ3) is 4.44. The second kappa shape index (κ2) is 9.41. The second-order valence-corrected chi connectivity index (χ2v) is 11.6. The van der Waals surface area contributed by atoms with E-state index in [-0.39, 0.29) is 18.5 Å². The van der Waals surface area contributed by atoms with Crippen LogP contribution < -0.4 is 10.2 Å². The molecule has 1 N–H and O–H groups in total. The van der Waals surface area contributed by atoms with Crippen molar-refractivity contribution in [2.24, 2.45) is 0 Å². The Bertz CT molecular complexity index is 1550. The third-order valence-electron chi connectivity index (χ3n) is 8.23. The van der Waals surface area contributed by atoms with Gasteiger partial charge in [0.1, 0.15) is 28.0 Å². The largest absolute Gasteiger partial charge is 0.367 e. The Morgan fingerprint density at radius 1 is 1.05 bits per heavy atom. The summed E-state index contributed by atoms with van der Waals surface area (Å²) in [4.78, 5) is 31.2. The number of pyridine rings is 1. The number of rotatable bonds is 6. The molecule has 40 heavy (non-hydrogen) atoms. The number of fused-ring (bicyclic) bond motifs is 2. The van der Waals surface area contributed by atoms with Crippen molar-refractivity contribution < 1.29 is 18.0 Å². The fourth-order valence-electron chi connectivity index (χ4n) is 5.82. The molecular weight excluding hydrogens is 539 g/mol. The first-order valence-electron chi connectivity index (χ1n) is 13.1. The van der Waals surface area contributed by atoms with Crippen molar-refractivity contribution in [3.05, 3.63) is 65.8 Å². The number of anilines is 2. The molecule has 1 aliphatic carbocycles. The van der Waals surface area contributed by atoms with Gasteiger partial charge < -0.3 is 14.8 Å². The average Bonchev–Trinajstić information content (AvgIpc) is 3.60. The van der Waals surface area contributed by atoms with Crippen LogP contribution in [-0.2, 0) is 0 Å². The van der Waals surface area contributed by atoms with Gasteiger partial charge in [-0.3, -0.25) is 9.69 Å². The highest BCUT2D eigenvalue weighted by molar-refractivity contribution is 7.13. The highest BCUT2D eigenvalue weighted by Gasteiger charge is 2.47. The molecular formula is C28H26F3N7OS. The molecule has 8 rings (SSSR count). The van der Waals surface area contributed by atoms with E-state index in [1.807, 2.05) is 6.07 Å². The van der Waals surface area contributed by atoms with Crippen molar-refractivity contribution in [1.82, 2.24) is 24.4 Å². The number of carbonyl (C=O) groups excluding carboxylic acids is 1. The summed E-state index contributed by atoms with van der Waals surface area (Å²) >= 11 is 1.22. The first kappa shape index (κ1) is 25.2. The van der Waals surface area contributed by atoms with Crippen LogP contribution in [0.1, 0.15) is 35.8 Å². The number of amides is 1. The number of hydrogen-bond donors (Lipinski definition) is 1. The summed E-state index contributed by atoms with van der Waals surface area (Å²) in [6.07, 6.45) is 3.94. The monoisotopic (exact) mass is 565 g/mol. The Morgan fingerprint density at radius 2 is 1.80 bits per heavy atom. The molecule has 1 amide bonds. The second-order valence-electron chi connectivity index (χ2n) is 10.8. The van der Waals surface area contributed by atoms with E-state index >= 15 is 0 Å². The van der Waals surface area contributed by atoms with Gasteiger partial charge in [-0.15, -0.1) is 11.3 Å². The molecule has 4 fully saturated rings. The van der Waals surface area contributed by atoms with Crippen LogP contribution in [0.2, 0.25) is 0 Å². The number of piperazine rings is 1. The summed E-state index contributed by atoms with van der Waals surface area (Å²) < 4.78 is 42.7. The maximum Gasteiger partial charge on any atom is 0.276 e. The molecule has 0 spiro atoms. The molecule has 8 nitrogen and oxygen atoms in total. The van der Waals surface area contributed by atoms with Crippen molar-refractivity contribution in [2.75, 3.05) is 30.4 Å². The third-order valence-corrected chi connectivity index (χ3v) is 9.07. The predicted molar refractivity (Wildman–Crippen MR) is 146 cm³/mol. The predicted octanol–water partition coefficient (Wildman–Crippen LogP) is 5.32. The lowest BCUT2D eigenvalue weighted by atomic mass is 9.88. The van der Waals surface area contributed by atoms with Gasteiger partial charge in [0.25, 0.3) is 11.8 Å². The minimum absolute atomic E-state index is 0.182. The lowest BCUT2D eigenvalue weighted by Gasteiger charge is -2.55. The molecule has 0 radical (unpaired) electrons. The number of piperidine rings is 1. The van der Waals surface area contributed by atoms with Crippen molar-refractivity contribution in [1.29, 1.82) is 0 Å². The van der Waals surface area contributed by atoms with E-state index in [2.05, 4.69) is 37.1 Å².